The molecule has 0 radical (unpaired) electrons. The molecule has 0 aliphatic heterocycles. The van der Waals surface area contributed by atoms with Crippen LogP contribution in [0.25, 0.3) is 0 Å². The molecule has 3 rings (SSSR count). The summed E-state index contributed by atoms with van der Waals surface area (Å²) in [7, 11) is 0. The van der Waals surface area contributed by atoms with E-state index in [0.717, 1.165) is 30.4 Å². The Labute approximate surface area is 165 Å². The maximum atomic E-state index is 13.4. The molecule has 2 aliphatic rings. The van der Waals surface area contributed by atoms with Crippen LogP contribution < -0.4 is 0 Å². The van der Waals surface area contributed by atoms with E-state index in [2.05, 4.69) is 96.2 Å². The zero-order valence-corrected chi connectivity index (χ0v) is 17.8. The molecule has 1 heteroatoms. The van der Waals surface area contributed by atoms with Crippen molar-refractivity contribution in [1.82, 2.24) is 0 Å². The quantitative estimate of drug-likeness (QED) is 0.534. The zero-order chi connectivity index (χ0) is 19.9. The Morgan fingerprint density at radius 3 is 2.00 bits per heavy atom. The predicted molar refractivity (Wildman–Crippen MR) is 115 cm³/mol. The summed E-state index contributed by atoms with van der Waals surface area (Å²) in [6.07, 6.45) is 12.5. The van der Waals surface area contributed by atoms with Gasteiger partial charge in [0.1, 0.15) is 0 Å². The fourth-order valence-corrected chi connectivity index (χ4v) is 4.41. The Kier molecular flexibility index (Phi) is 5.10. The number of allylic oxidation sites excluding steroid dienone is 6. The van der Waals surface area contributed by atoms with E-state index in [1.807, 2.05) is 0 Å². The van der Waals surface area contributed by atoms with Crippen molar-refractivity contribution in [1.29, 1.82) is 0 Å². The molecule has 0 saturated carbocycles. The van der Waals surface area contributed by atoms with Crippen LogP contribution in [-0.2, 0) is 11.2 Å². The van der Waals surface area contributed by atoms with Gasteiger partial charge in [-0.05, 0) is 41.6 Å². The number of ketones is 1. The van der Waals surface area contributed by atoms with Crippen LogP contribution in [0.3, 0.4) is 0 Å². The van der Waals surface area contributed by atoms with Gasteiger partial charge in [0.15, 0.2) is 5.78 Å². The molecule has 144 valence electrons. The lowest BCUT2D eigenvalue weighted by molar-refractivity contribution is -0.114. The lowest BCUT2D eigenvalue weighted by atomic mass is 9.59. The normalized spacial score (nSPS) is 22.6. The lowest BCUT2D eigenvalue weighted by Gasteiger charge is -2.44. The van der Waals surface area contributed by atoms with Gasteiger partial charge in [-0.25, -0.2) is 0 Å². The van der Waals surface area contributed by atoms with E-state index >= 15 is 0 Å². The highest BCUT2D eigenvalue weighted by molar-refractivity contribution is 6.11. The summed E-state index contributed by atoms with van der Waals surface area (Å²) in [5.74, 6) is 0.630. The number of carbonyl (C=O) groups excluding carboxylic acids is 1. The highest BCUT2D eigenvalue weighted by atomic mass is 16.1. The first-order valence-corrected chi connectivity index (χ1v) is 10.2. The molecule has 1 unspecified atom stereocenters. The van der Waals surface area contributed by atoms with Crippen LogP contribution in [0.2, 0.25) is 0 Å². The third-order valence-electron chi connectivity index (χ3n) is 6.03. The first kappa shape index (κ1) is 19.9. The first-order valence-electron chi connectivity index (χ1n) is 10.2. The highest BCUT2D eigenvalue weighted by Crippen LogP contribution is 2.51. The Bertz CT molecular complexity index is 757. The molecule has 2 aliphatic carbocycles. The summed E-state index contributed by atoms with van der Waals surface area (Å²) in [6, 6.07) is 10.7. The van der Waals surface area contributed by atoms with Gasteiger partial charge in [-0.2, -0.15) is 0 Å². The summed E-state index contributed by atoms with van der Waals surface area (Å²) < 4.78 is 0. The number of hydrogen-bond acceptors (Lipinski definition) is 1. The molecule has 0 amide bonds. The summed E-state index contributed by atoms with van der Waals surface area (Å²) >= 11 is 0. The number of carbonyl (C=O) groups is 1. The molecular weight excluding hydrogens is 328 g/mol. The average Bonchev–Trinajstić information content (AvgIpc) is 2.58. The molecule has 27 heavy (non-hydrogen) atoms. The molecule has 0 bridgehead atoms. The van der Waals surface area contributed by atoms with Crippen molar-refractivity contribution in [3.05, 3.63) is 71.3 Å². The monoisotopic (exact) mass is 362 g/mol. The molecule has 1 aromatic carbocycles. The van der Waals surface area contributed by atoms with Gasteiger partial charge in [-0.3, -0.25) is 4.79 Å². The van der Waals surface area contributed by atoms with Crippen molar-refractivity contribution in [3.63, 3.8) is 0 Å². The molecular formula is C26H34O. The number of hydrogen-bond donors (Lipinski definition) is 0. The van der Waals surface area contributed by atoms with Crippen LogP contribution >= 0.6 is 0 Å². The summed E-state index contributed by atoms with van der Waals surface area (Å²) in [5, 5.41) is 0. The van der Waals surface area contributed by atoms with Crippen molar-refractivity contribution in [2.45, 2.75) is 60.8 Å². The molecule has 0 saturated heterocycles. The third-order valence-corrected chi connectivity index (χ3v) is 6.03. The topological polar surface area (TPSA) is 17.1 Å². The Morgan fingerprint density at radius 1 is 0.926 bits per heavy atom. The van der Waals surface area contributed by atoms with E-state index in [9.17, 15) is 4.79 Å². The minimum atomic E-state index is -0.146. The van der Waals surface area contributed by atoms with Gasteiger partial charge in [0.05, 0.1) is 0 Å². The highest BCUT2D eigenvalue weighted by Gasteiger charge is 2.44. The van der Waals surface area contributed by atoms with Crippen LogP contribution in [0.4, 0.5) is 0 Å². The smallest absolute Gasteiger partial charge is 0.185 e. The van der Waals surface area contributed by atoms with Gasteiger partial charge < -0.3 is 0 Å². The Hall–Kier alpha value is -1.89. The first-order chi connectivity index (χ1) is 12.5. The van der Waals surface area contributed by atoms with Crippen molar-refractivity contribution in [2.75, 3.05) is 0 Å². The van der Waals surface area contributed by atoms with Crippen LogP contribution in [0.5, 0.6) is 0 Å². The van der Waals surface area contributed by atoms with Crippen molar-refractivity contribution in [3.8, 4) is 0 Å². The second-order valence-corrected chi connectivity index (χ2v) is 10.3. The van der Waals surface area contributed by atoms with Gasteiger partial charge >= 0.3 is 0 Å². The van der Waals surface area contributed by atoms with Gasteiger partial charge in [-0.15, -0.1) is 0 Å². The molecule has 0 heterocycles. The second-order valence-electron chi connectivity index (χ2n) is 10.3. The van der Waals surface area contributed by atoms with E-state index < -0.39 is 0 Å². The molecule has 0 fully saturated rings. The van der Waals surface area contributed by atoms with Crippen LogP contribution in [0.15, 0.2) is 65.8 Å². The minimum absolute atomic E-state index is 0.0657. The van der Waals surface area contributed by atoms with Gasteiger partial charge in [-0.1, -0.05) is 96.2 Å². The van der Waals surface area contributed by atoms with Crippen molar-refractivity contribution in [2.24, 2.45) is 22.2 Å². The second kappa shape index (κ2) is 6.93. The summed E-state index contributed by atoms with van der Waals surface area (Å²) in [4.78, 5) is 13.4. The van der Waals surface area contributed by atoms with Gasteiger partial charge in [0, 0.05) is 16.6 Å². The van der Waals surface area contributed by atoms with Crippen molar-refractivity contribution >= 4 is 5.78 Å². The molecule has 1 spiro atoms. The maximum Gasteiger partial charge on any atom is 0.185 e. The van der Waals surface area contributed by atoms with Crippen LogP contribution in [0, 0.1) is 22.2 Å². The largest absolute Gasteiger partial charge is 0.289 e. The average molecular weight is 363 g/mol. The molecule has 0 N–H and O–H groups in total. The summed E-state index contributed by atoms with van der Waals surface area (Å²) in [6.45, 7) is 13.0. The standard InChI is InChI=1S/C26H34O/c1-24(2,3)21-17-26(18-22(23(21)27)25(4,5)6)15-11-10-14-20(26)16-19-12-8-7-9-13-19/h7-10,12-14,17-18,20H,11,15-16H2,1-6H3. The third kappa shape index (κ3) is 4.03. The SMILES string of the molecule is CC(C)(C)C1=CC2(C=C(C(C)(C)C)C1=O)CCC=CC2Cc1ccccc1. The van der Waals surface area contributed by atoms with E-state index in [0.29, 0.717) is 5.92 Å². The molecule has 1 atom stereocenters. The fourth-order valence-electron chi connectivity index (χ4n) is 4.41. The van der Waals surface area contributed by atoms with E-state index in [-0.39, 0.29) is 22.0 Å². The van der Waals surface area contributed by atoms with E-state index in [1.165, 1.54) is 5.56 Å². The van der Waals surface area contributed by atoms with Gasteiger partial charge in [0.25, 0.3) is 0 Å². The fraction of sp³-hybridized carbons (Fsp3) is 0.500. The summed E-state index contributed by atoms with van der Waals surface area (Å²) in [5.41, 5.74) is 2.98. The van der Waals surface area contributed by atoms with E-state index in [1.54, 1.807) is 0 Å². The number of rotatable bonds is 2. The van der Waals surface area contributed by atoms with Crippen LogP contribution in [-0.4, -0.2) is 5.78 Å². The van der Waals surface area contributed by atoms with Crippen molar-refractivity contribution < 1.29 is 4.79 Å². The number of benzene rings is 1. The molecule has 0 aromatic heterocycles. The van der Waals surface area contributed by atoms with E-state index in [4.69, 9.17) is 0 Å². The Balaban J connectivity index is 2.13. The molecule has 1 aromatic rings. The zero-order valence-electron chi connectivity index (χ0n) is 17.8. The Morgan fingerprint density at radius 2 is 1.48 bits per heavy atom. The van der Waals surface area contributed by atoms with Crippen LogP contribution in [0.1, 0.15) is 59.9 Å². The lowest BCUT2D eigenvalue weighted by Crippen LogP contribution is -2.38. The minimum Gasteiger partial charge on any atom is -0.289 e. The van der Waals surface area contributed by atoms with Gasteiger partial charge in [0.2, 0.25) is 0 Å². The molecule has 1 nitrogen and oxygen atoms in total. The number of Topliss-reactive ketones (excluding diaryl/α,β-unsaturated/α-hetero) is 1. The maximum absolute atomic E-state index is 13.4. The predicted octanol–water partition coefficient (Wildman–Crippen LogP) is 6.71.